The molecule has 1 N–H and O–H groups in total. The monoisotopic (exact) mass is 286 g/mol. The van der Waals surface area contributed by atoms with E-state index in [0.717, 1.165) is 22.8 Å². The molecule has 4 heteroatoms. The lowest BCUT2D eigenvalue weighted by Gasteiger charge is -2.21. The van der Waals surface area contributed by atoms with Crippen LogP contribution in [-0.2, 0) is 6.54 Å². The molecule has 1 aromatic carbocycles. The summed E-state index contributed by atoms with van der Waals surface area (Å²) < 4.78 is 11.2. The topological polar surface area (TPSA) is 43.4 Å². The summed E-state index contributed by atoms with van der Waals surface area (Å²) >= 11 is 0. The van der Waals surface area contributed by atoms with Gasteiger partial charge in [-0.2, -0.15) is 0 Å². The van der Waals surface area contributed by atoms with E-state index >= 15 is 0 Å². The van der Waals surface area contributed by atoms with Crippen LogP contribution in [0.5, 0.6) is 17.2 Å². The number of ether oxygens (including phenoxy) is 2. The molecule has 0 aliphatic carbocycles. The first-order valence-corrected chi connectivity index (χ1v) is 6.98. The van der Waals surface area contributed by atoms with E-state index in [0.29, 0.717) is 6.54 Å². The normalized spacial score (nSPS) is 11.2. The van der Waals surface area contributed by atoms with Crippen molar-refractivity contribution in [1.82, 2.24) is 10.3 Å². The van der Waals surface area contributed by atoms with Crippen LogP contribution in [0.3, 0.4) is 0 Å². The van der Waals surface area contributed by atoms with Gasteiger partial charge in [0.25, 0.3) is 0 Å². The Hall–Kier alpha value is -2.07. The summed E-state index contributed by atoms with van der Waals surface area (Å²) in [5.74, 6) is 2.32. The highest BCUT2D eigenvalue weighted by molar-refractivity contribution is 5.39. The second-order valence-corrected chi connectivity index (χ2v) is 5.87. The maximum Gasteiger partial charge on any atom is 0.134 e. The molecule has 0 atom stereocenters. The van der Waals surface area contributed by atoms with Crippen molar-refractivity contribution in [3.8, 4) is 17.2 Å². The first-order chi connectivity index (χ1) is 9.98. The second kappa shape index (κ2) is 6.59. The van der Waals surface area contributed by atoms with Crippen LogP contribution in [0.1, 0.15) is 26.3 Å². The summed E-state index contributed by atoms with van der Waals surface area (Å²) in [5, 5.41) is 3.44. The van der Waals surface area contributed by atoms with Crippen molar-refractivity contribution in [3.63, 3.8) is 0 Å². The van der Waals surface area contributed by atoms with Crippen LogP contribution in [0.15, 0.2) is 42.7 Å². The smallest absolute Gasteiger partial charge is 0.134 e. The van der Waals surface area contributed by atoms with Crippen molar-refractivity contribution in [2.45, 2.75) is 32.9 Å². The molecule has 2 aromatic rings. The average molecular weight is 286 g/mol. The van der Waals surface area contributed by atoms with Crippen LogP contribution in [-0.4, -0.2) is 17.6 Å². The quantitative estimate of drug-likeness (QED) is 0.908. The zero-order chi connectivity index (χ0) is 15.3. The first-order valence-electron chi connectivity index (χ1n) is 6.98. The van der Waals surface area contributed by atoms with Crippen LogP contribution in [0.4, 0.5) is 0 Å². The fourth-order valence-corrected chi connectivity index (χ4v) is 1.80. The molecule has 112 valence electrons. The molecule has 0 bridgehead atoms. The summed E-state index contributed by atoms with van der Waals surface area (Å²) in [6.07, 6.45) is 3.56. The molecule has 0 spiro atoms. The fourth-order valence-electron chi connectivity index (χ4n) is 1.80. The molecule has 0 amide bonds. The lowest BCUT2D eigenvalue weighted by molar-refractivity contribution is 0.404. The summed E-state index contributed by atoms with van der Waals surface area (Å²) in [6.45, 7) is 7.10. The summed E-state index contributed by atoms with van der Waals surface area (Å²) in [6, 6.07) is 9.44. The Morgan fingerprint density at radius 1 is 1.14 bits per heavy atom. The van der Waals surface area contributed by atoms with Gasteiger partial charge in [-0.15, -0.1) is 0 Å². The van der Waals surface area contributed by atoms with Crippen LogP contribution >= 0.6 is 0 Å². The number of benzene rings is 1. The SMILES string of the molecule is COc1cccc(Oc2ccncc2CNC(C)(C)C)c1. The molecule has 0 aliphatic heterocycles. The molecular formula is C17H22N2O2. The van der Waals surface area contributed by atoms with Gasteiger partial charge in [-0.1, -0.05) is 6.07 Å². The summed E-state index contributed by atoms with van der Waals surface area (Å²) in [5.41, 5.74) is 1.07. The standard InChI is InChI=1S/C17H22N2O2/c1-17(2,3)19-12-13-11-18-9-8-16(13)21-15-7-5-6-14(10-15)20-4/h5-11,19H,12H2,1-4H3. The zero-order valence-electron chi connectivity index (χ0n) is 13.0. The Morgan fingerprint density at radius 3 is 2.62 bits per heavy atom. The molecule has 0 radical (unpaired) electrons. The van der Waals surface area contributed by atoms with Crippen LogP contribution < -0.4 is 14.8 Å². The molecule has 1 aromatic heterocycles. The molecule has 2 rings (SSSR count). The minimum Gasteiger partial charge on any atom is -0.497 e. The van der Waals surface area contributed by atoms with Crippen LogP contribution in [0.2, 0.25) is 0 Å². The van der Waals surface area contributed by atoms with E-state index in [-0.39, 0.29) is 5.54 Å². The Bertz CT molecular complexity index is 591. The largest absolute Gasteiger partial charge is 0.497 e. The number of rotatable bonds is 5. The summed E-state index contributed by atoms with van der Waals surface area (Å²) in [4.78, 5) is 4.18. The second-order valence-electron chi connectivity index (χ2n) is 5.87. The average Bonchev–Trinajstić information content (AvgIpc) is 2.46. The number of hydrogen-bond donors (Lipinski definition) is 1. The van der Waals surface area contributed by atoms with Crippen LogP contribution in [0, 0.1) is 0 Å². The van der Waals surface area contributed by atoms with E-state index in [1.807, 2.05) is 36.5 Å². The van der Waals surface area contributed by atoms with E-state index < -0.39 is 0 Å². The highest BCUT2D eigenvalue weighted by Crippen LogP contribution is 2.27. The van der Waals surface area contributed by atoms with Crippen molar-refractivity contribution in [3.05, 3.63) is 48.3 Å². The molecule has 21 heavy (non-hydrogen) atoms. The maximum atomic E-state index is 5.96. The Balaban J connectivity index is 2.15. The number of nitrogens with zero attached hydrogens (tertiary/aromatic N) is 1. The third-order valence-corrected chi connectivity index (χ3v) is 2.94. The van der Waals surface area contributed by atoms with Gasteiger partial charge < -0.3 is 14.8 Å². The zero-order valence-corrected chi connectivity index (χ0v) is 13.0. The van der Waals surface area contributed by atoms with E-state index in [1.54, 1.807) is 13.3 Å². The van der Waals surface area contributed by atoms with Crippen molar-refractivity contribution >= 4 is 0 Å². The molecule has 0 aliphatic rings. The number of aromatic nitrogens is 1. The number of methoxy groups -OCH3 is 1. The Labute approximate surface area is 126 Å². The molecule has 1 heterocycles. The third kappa shape index (κ3) is 4.76. The number of hydrogen-bond acceptors (Lipinski definition) is 4. The van der Waals surface area contributed by atoms with Gasteiger partial charge in [0, 0.05) is 36.1 Å². The minimum atomic E-state index is 0.0447. The van der Waals surface area contributed by atoms with E-state index in [1.165, 1.54) is 0 Å². The predicted molar refractivity (Wildman–Crippen MR) is 83.9 cm³/mol. The van der Waals surface area contributed by atoms with Crippen molar-refractivity contribution in [2.24, 2.45) is 0 Å². The van der Waals surface area contributed by atoms with Crippen molar-refractivity contribution in [2.75, 3.05) is 7.11 Å². The van der Waals surface area contributed by atoms with Gasteiger partial charge in [-0.3, -0.25) is 4.98 Å². The van der Waals surface area contributed by atoms with E-state index in [2.05, 4.69) is 31.1 Å². The molecular weight excluding hydrogens is 264 g/mol. The van der Waals surface area contributed by atoms with Gasteiger partial charge in [0.15, 0.2) is 0 Å². The molecule has 4 nitrogen and oxygen atoms in total. The van der Waals surface area contributed by atoms with Gasteiger partial charge in [0.1, 0.15) is 17.2 Å². The van der Waals surface area contributed by atoms with Crippen molar-refractivity contribution in [1.29, 1.82) is 0 Å². The maximum absolute atomic E-state index is 5.96. The van der Waals surface area contributed by atoms with E-state index in [4.69, 9.17) is 9.47 Å². The van der Waals surface area contributed by atoms with Gasteiger partial charge in [-0.25, -0.2) is 0 Å². The van der Waals surface area contributed by atoms with E-state index in [9.17, 15) is 0 Å². The predicted octanol–water partition coefficient (Wildman–Crippen LogP) is 3.77. The molecule has 0 fully saturated rings. The Kier molecular flexibility index (Phi) is 4.81. The number of nitrogens with one attached hydrogen (secondary N) is 1. The third-order valence-electron chi connectivity index (χ3n) is 2.94. The van der Waals surface area contributed by atoms with Crippen molar-refractivity contribution < 1.29 is 9.47 Å². The minimum absolute atomic E-state index is 0.0447. The first kappa shape index (κ1) is 15.3. The van der Waals surface area contributed by atoms with Gasteiger partial charge in [0.2, 0.25) is 0 Å². The summed E-state index contributed by atoms with van der Waals surface area (Å²) in [7, 11) is 1.64. The number of pyridine rings is 1. The van der Waals surface area contributed by atoms with Gasteiger partial charge in [0.05, 0.1) is 7.11 Å². The lowest BCUT2D eigenvalue weighted by Crippen LogP contribution is -2.35. The molecule has 0 saturated heterocycles. The molecule has 0 saturated carbocycles. The highest BCUT2D eigenvalue weighted by Gasteiger charge is 2.11. The Morgan fingerprint density at radius 2 is 1.90 bits per heavy atom. The van der Waals surface area contributed by atoms with Crippen LogP contribution in [0.25, 0.3) is 0 Å². The lowest BCUT2D eigenvalue weighted by atomic mass is 10.1. The van der Waals surface area contributed by atoms with Gasteiger partial charge >= 0.3 is 0 Å². The fraction of sp³-hybridized carbons (Fsp3) is 0.353. The molecule has 0 unspecified atom stereocenters. The van der Waals surface area contributed by atoms with Gasteiger partial charge in [-0.05, 0) is 39.0 Å². The highest BCUT2D eigenvalue weighted by atomic mass is 16.5.